The fourth-order valence-electron chi connectivity index (χ4n) is 1.95. The molecular formula is C18H16Br2N2O3. The minimum absolute atomic E-state index is 0.219. The molecule has 0 radical (unpaired) electrons. The number of hydrogen-bond acceptors (Lipinski definition) is 3. The molecule has 0 saturated carbocycles. The molecule has 5 nitrogen and oxygen atoms in total. The zero-order chi connectivity index (χ0) is 18.2. The second-order valence-corrected chi connectivity index (χ2v) is 6.87. The normalized spacial score (nSPS) is 10.5. The largest absolute Gasteiger partial charge is 0.482 e. The van der Waals surface area contributed by atoms with Crippen LogP contribution >= 0.6 is 31.9 Å². The monoisotopic (exact) mass is 466 g/mol. The average Bonchev–Trinajstić information content (AvgIpc) is 2.58. The Kier molecular flexibility index (Phi) is 7.21. The second-order valence-electron chi connectivity index (χ2n) is 5.10. The van der Waals surface area contributed by atoms with Crippen molar-refractivity contribution in [2.24, 2.45) is 0 Å². The molecule has 2 aromatic carbocycles. The highest BCUT2D eigenvalue weighted by Crippen LogP contribution is 2.32. The predicted octanol–water partition coefficient (Wildman–Crippen LogP) is 3.76. The lowest BCUT2D eigenvalue weighted by molar-refractivity contribution is -0.128. The van der Waals surface area contributed by atoms with Crippen molar-refractivity contribution in [2.75, 3.05) is 6.61 Å². The van der Waals surface area contributed by atoms with Gasteiger partial charge in [-0.2, -0.15) is 0 Å². The summed E-state index contributed by atoms with van der Waals surface area (Å²) in [5.41, 5.74) is 6.37. The quantitative estimate of drug-likeness (QED) is 0.519. The lowest BCUT2D eigenvalue weighted by Gasteiger charge is -2.12. The van der Waals surface area contributed by atoms with Gasteiger partial charge in [-0.05, 0) is 52.2 Å². The maximum absolute atomic E-state index is 11.8. The van der Waals surface area contributed by atoms with Crippen LogP contribution in [-0.2, 0) is 9.59 Å². The molecule has 2 aromatic rings. The van der Waals surface area contributed by atoms with Gasteiger partial charge in [-0.1, -0.05) is 46.3 Å². The smallest absolute Gasteiger partial charge is 0.276 e. The third-order valence-electron chi connectivity index (χ3n) is 3.09. The molecule has 0 heterocycles. The molecule has 0 aliphatic rings. The predicted molar refractivity (Wildman–Crippen MR) is 104 cm³/mol. The molecule has 2 N–H and O–H groups in total. The number of aryl methyl sites for hydroxylation is 1. The summed E-state index contributed by atoms with van der Waals surface area (Å²) in [6, 6.07) is 13.1. The molecule has 2 rings (SSSR count). The highest BCUT2D eigenvalue weighted by Gasteiger charge is 2.10. The number of amides is 2. The molecule has 0 fully saturated rings. The van der Waals surface area contributed by atoms with Crippen molar-refractivity contribution >= 4 is 49.8 Å². The van der Waals surface area contributed by atoms with Crippen molar-refractivity contribution in [1.29, 1.82) is 0 Å². The summed E-state index contributed by atoms with van der Waals surface area (Å²) in [7, 11) is 0. The summed E-state index contributed by atoms with van der Waals surface area (Å²) < 4.78 is 7.14. The minimum atomic E-state index is -0.462. The minimum Gasteiger partial charge on any atom is -0.482 e. The van der Waals surface area contributed by atoms with E-state index in [0.29, 0.717) is 5.75 Å². The zero-order valence-electron chi connectivity index (χ0n) is 13.4. The molecule has 0 saturated heterocycles. The molecule has 7 heteroatoms. The van der Waals surface area contributed by atoms with Crippen molar-refractivity contribution in [3.8, 4) is 5.75 Å². The summed E-state index contributed by atoms with van der Waals surface area (Å²) in [6.45, 7) is 1.66. The highest BCUT2D eigenvalue weighted by atomic mass is 79.9. The number of hydrogen-bond donors (Lipinski definition) is 2. The van der Waals surface area contributed by atoms with Crippen LogP contribution in [0.3, 0.4) is 0 Å². The third-order valence-corrected chi connectivity index (χ3v) is 4.14. The molecule has 25 heavy (non-hydrogen) atoms. The van der Waals surface area contributed by atoms with Gasteiger partial charge in [0.1, 0.15) is 5.75 Å². The van der Waals surface area contributed by atoms with E-state index in [-0.39, 0.29) is 6.61 Å². The first kappa shape index (κ1) is 19.2. The Bertz CT molecular complexity index is 769. The van der Waals surface area contributed by atoms with Crippen LogP contribution in [0.2, 0.25) is 0 Å². The Balaban J connectivity index is 1.79. The third kappa shape index (κ3) is 6.36. The van der Waals surface area contributed by atoms with E-state index in [2.05, 4.69) is 42.7 Å². The van der Waals surface area contributed by atoms with Crippen LogP contribution in [0.5, 0.6) is 5.75 Å². The zero-order valence-corrected chi connectivity index (χ0v) is 16.6. The highest BCUT2D eigenvalue weighted by molar-refractivity contribution is 9.11. The van der Waals surface area contributed by atoms with E-state index in [0.717, 1.165) is 20.1 Å². The maximum Gasteiger partial charge on any atom is 0.276 e. The number of carbonyl (C=O) groups excluding carboxylic acids is 2. The first-order valence-electron chi connectivity index (χ1n) is 7.36. The van der Waals surface area contributed by atoms with E-state index in [4.69, 9.17) is 4.74 Å². The van der Waals surface area contributed by atoms with Gasteiger partial charge in [0.25, 0.3) is 11.8 Å². The number of hydrazine groups is 1. The molecule has 2 amide bonds. The molecule has 0 unspecified atom stereocenters. The number of carbonyl (C=O) groups is 2. The fraction of sp³-hybridized carbons (Fsp3) is 0.111. The Morgan fingerprint density at radius 1 is 1.12 bits per heavy atom. The molecule has 130 valence electrons. The van der Waals surface area contributed by atoms with Gasteiger partial charge in [0, 0.05) is 10.5 Å². The number of nitrogens with one attached hydrogen (secondary N) is 2. The average molecular weight is 468 g/mol. The van der Waals surface area contributed by atoms with Crippen LogP contribution in [0.1, 0.15) is 11.1 Å². The molecule has 0 aliphatic heterocycles. The van der Waals surface area contributed by atoms with Gasteiger partial charge in [-0.3, -0.25) is 20.4 Å². The van der Waals surface area contributed by atoms with E-state index in [1.165, 1.54) is 6.08 Å². The van der Waals surface area contributed by atoms with Crippen LogP contribution in [-0.4, -0.2) is 18.4 Å². The van der Waals surface area contributed by atoms with Gasteiger partial charge in [0.05, 0.1) is 4.47 Å². The molecule has 0 atom stereocenters. The fourth-order valence-corrected chi connectivity index (χ4v) is 3.51. The van der Waals surface area contributed by atoms with Crippen molar-refractivity contribution < 1.29 is 14.3 Å². The summed E-state index contributed by atoms with van der Waals surface area (Å²) in [5.74, 6) is -0.317. The van der Waals surface area contributed by atoms with Crippen molar-refractivity contribution in [2.45, 2.75) is 6.92 Å². The molecule has 0 spiro atoms. The van der Waals surface area contributed by atoms with E-state index in [9.17, 15) is 9.59 Å². The van der Waals surface area contributed by atoms with Crippen LogP contribution in [0.25, 0.3) is 6.08 Å². The van der Waals surface area contributed by atoms with Gasteiger partial charge in [-0.25, -0.2) is 0 Å². The number of rotatable bonds is 5. The Labute approximate surface area is 162 Å². The number of ether oxygens (including phenoxy) is 1. The topological polar surface area (TPSA) is 67.4 Å². The van der Waals surface area contributed by atoms with Gasteiger partial charge < -0.3 is 4.74 Å². The van der Waals surface area contributed by atoms with E-state index in [1.54, 1.807) is 6.08 Å². The molecular weight excluding hydrogens is 452 g/mol. The van der Waals surface area contributed by atoms with E-state index >= 15 is 0 Å². The first-order valence-corrected chi connectivity index (χ1v) is 8.94. The molecule has 0 bridgehead atoms. The summed E-state index contributed by atoms with van der Waals surface area (Å²) in [5, 5.41) is 0. The second kappa shape index (κ2) is 9.39. The number of halogens is 2. The van der Waals surface area contributed by atoms with Crippen molar-refractivity contribution in [3.05, 3.63) is 68.6 Å². The summed E-state index contributed by atoms with van der Waals surface area (Å²) in [4.78, 5) is 23.5. The Morgan fingerprint density at radius 3 is 2.52 bits per heavy atom. The van der Waals surface area contributed by atoms with Crippen molar-refractivity contribution in [3.63, 3.8) is 0 Å². The standard InChI is InChI=1S/C18H16Br2N2O3/c1-12-9-14(19)10-15(20)18(12)25-11-17(24)22-21-16(23)8-7-13-5-3-2-4-6-13/h2-10H,11H2,1H3,(H,21,23)(H,22,24)/b8-7+. The number of benzene rings is 2. The van der Waals surface area contributed by atoms with E-state index < -0.39 is 11.8 Å². The first-order chi connectivity index (χ1) is 12.0. The summed E-state index contributed by atoms with van der Waals surface area (Å²) >= 11 is 6.77. The van der Waals surface area contributed by atoms with Gasteiger partial charge in [-0.15, -0.1) is 0 Å². The SMILES string of the molecule is Cc1cc(Br)cc(Br)c1OCC(=O)NNC(=O)/C=C/c1ccccc1. The summed E-state index contributed by atoms with van der Waals surface area (Å²) in [6.07, 6.45) is 2.99. The van der Waals surface area contributed by atoms with Crippen LogP contribution < -0.4 is 15.6 Å². The molecule has 0 aromatic heterocycles. The maximum atomic E-state index is 11.8. The Morgan fingerprint density at radius 2 is 1.84 bits per heavy atom. The van der Waals surface area contributed by atoms with Gasteiger partial charge in [0.15, 0.2) is 6.61 Å². The van der Waals surface area contributed by atoms with Crippen LogP contribution in [0, 0.1) is 6.92 Å². The van der Waals surface area contributed by atoms with Crippen LogP contribution in [0.15, 0.2) is 57.5 Å². The van der Waals surface area contributed by atoms with E-state index in [1.807, 2.05) is 49.4 Å². The lowest BCUT2D eigenvalue weighted by atomic mass is 10.2. The lowest BCUT2D eigenvalue weighted by Crippen LogP contribution is -2.43. The van der Waals surface area contributed by atoms with Gasteiger partial charge >= 0.3 is 0 Å². The van der Waals surface area contributed by atoms with Crippen molar-refractivity contribution in [1.82, 2.24) is 10.9 Å². The Hall–Kier alpha value is -2.12. The van der Waals surface area contributed by atoms with Gasteiger partial charge in [0.2, 0.25) is 0 Å². The van der Waals surface area contributed by atoms with Crippen LogP contribution in [0.4, 0.5) is 0 Å². The molecule has 0 aliphatic carbocycles.